The molecule has 112 valence electrons. The summed E-state index contributed by atoms with van der Waals surface area (Å²) < 4.78 is 10.5. The van der Waals surface area contributed by atoms with Gasteiger partial charge in [0, 0.05) is 19.0 Å². The summed E-state index contributed by atoms with van der Waals surface area (Å²) in [5.74, 6) is 1.65. The van der Waals surface area contributed by atoms with E-state index in [4.69, 9.17) is 20.4 Å². The molecule has 1 rings (SSSR count). The molecule has 0 saturated heterocycles. The van der Waals surface area contributed by atoms with E-state index in [-0.39, 0.29) is 11.9 Å². The van der Waals surface area contributed by atoms with E-state index in [1.807, 2.05) is 18.2 Å². The van der Waals surface area contributed by atoms with Gasteiger partial charge in [0.25, 0.3) is 0 Å². The minimum absolute atomic E-state index is 0.166. The average molecular weight is 281 g/mol. The van der Waals surface area contributed by atoms with Crippen LogP contribution in [-0.2, 0) is 6.54 Å². The molecule has 0 saturated carbocycles. The molecule has 1 aromatic carbocycles. The topological polar surface area (TPSA) is 89.1 Å². The fourth-order valence-corrected chi connectivity index (χ4v) is 1.91. The Balaban J connectivity index is 2.64. The second-order valence-electron chi connectivity index (χ2n) is 4.47. The lowest BCUT2D eigenvalue weighted by atomic mass is 10.1. The van der Waals surface area contributed by atoms with Crippen LogP contribution in [0.5, 0.6) is 11.5 Å². The summed E-state index contributed by atoms with van der Waals surface area (Å²) in [6.07, 6.45) is 1.41. The normalized spacial score (nSPS) is 13.1. The first-order valence-electron chi connectivity index (χ1n) is 6.55. The summed E-state index contributed by atoms with van der Waals surface area (Å²) in [6, 6.07) is 5.95. The molecule has 6 heteroatoms. The zero-order valence-corrected chi connectivity index (χ0v) is 12.2. The van der Waals surface area contributed by atoms with Crippen LogP contribution >= 0.6 is 0 Å². The number of nitrogens with two attached hydrogens (primary N) is 1. The molecule has 0 radical (unpaired) electrons. The van der Waals surface area contributed by atoms with Crippen molar-refractivity contribution in [3.63, 3.8) is 0 Å². The lowest BCUT2D eigenvalue weighted by Crippen LogP contribution is -2.32. The summed E-state index contributed by atoms with van der Waals surface area (Å²) in [6.45, 7) is 2.73. The number of rotatable bonds is 8. The van der Waals surface area contributed by atoms with Gasteiger partial charge in [-0.1, -0.05) is 18.1 Å². The smallest absolute Gasteiger partial charge is 0.161 e. The number of hydrogen-bond donors (Lipinski definition) is 3. The van der Waals surface area contributed by atoms with E-state index in [0.717, 1.165) is 12.0 Å². The average Bonchev–Trinajstić information content (AvgIpc) is 2.50. The predicted octanol–water partition coefficient (Wildman–Crippen LogP) is 1.71. The zero-order valence-electron chi connectivity index (χ0n) is 12.2. The Labute approximate surface area is 119 Å². The van der Waals surface area contributed by atoms with Gasteiger partial charge in [0.2, 0.25) is 0 Å². The van der Waals surface area contributed by atoms with Gasteiger partial charge < -0.3 is 25.7 Å². The van der Waals surface area contributed by atoms with Crippen molar-refractivity contribution in [1.29, 1.82) is 0 Å². The molecule has 0 aromatic heterocycles. The SMILES string of the molecule is CCC(CC(N)=NO)NCc1ccc(OC)c(OC)c1. The van der Waals surface area contributed by atoms with E-state index < -0.39 is 0 Å². The number of methoxy groups -OCH3 is 2. The van der Waals surface area contributed by atoms with Gasteiger partial charge >= 0.3 is 0 Å². The Morgan fingerprint density at radius 2 is 2.05 bits per heavy atom. The Bertz CT molecular complexity index is 449. The van der Waals surface area contributed by atoms with Gasteiger partial charge in [0.15, 0.2) is 11.5 Å². The van der Waals surface area contributed by atoms with E-state index in [0.29, 0.717) is 24.5 Å². The van der Waals surface area contributed by atoms with E-state index in [1.54, 1.807) is 14.2 Å². The molecule has 1 atom stereocenters. The number of amidine groups is 1. The summed E-state index contributed by atoms with van der Waals surface area (Å²) in [5.41, 5.74) is 6.61. The lowest BCUT2D eigenvalue weighted by molar-refractivity contribution is 0.315. The highest BCUT2D eigenvalue weighted by atomic mass is 16.5. The summed E-state index contributed by atoms with van der Waals surface area (Å²) in [4.78, 5) is 0. The van der Waals surface area contributed by atoms with Crippen molar-refractivity contribution in [3.05, 3.63) is 23.8 Å². The van der Waals surface area contributed by atoms with Crippen molar-refractivity contribution >= 4 is 5.84 Å². The molecule has 0 fully saturated rings. The van der Waals surface area contributed by atoms with Gasteiger partial charge in [-0.05, 0) is 24.1 Å². The Morgan fingerprint density at radius 1 is 1.35 bits per heavy atom. The summed E-state index contributed by atoms with van der Waals surface area (Å²) >= 11 is 0. The van der Waals surface area contributed by atoms with Crippen LogP contribution in [0.2, 0.25) is 0 Å². The maximum atomic E-state index is 8.60. The quantitative estimate of drug-likeness (QED) is 0.292. The van der Waals surface area contributed by atoms with Crippen LogP contribution in [0.3, 0.4) is 0 Å². The van der Waals surface area contributed by atoms with Crippen LogP contribution in [0.25, 0.3) is 0 Å². The molecule has 0 spiro atoms. The van der Waals surface area contributed by atoms with Crippen LogP contribution in [0.4, 0.5) is 0 Å². The molecule has 6 nitrogen and oxygen atoms in total. The molecule has 1 aromatic rings. The van der Waals surface area contributed by atoms with E-state index in [1.165, 1.54) is 0 Å². The molecule has 1 unspecified atom stereocenters. The highest BCUT2D eigenvalue weighted by Crippen LogP contribution is 2.27. The maximum absolute atomic E-state index is 8.60. The van der Waals surface area contributed by atoms with Gasteiger partial charge in [0.05, 0.1) is 14.2 Å². The molecule has 0 aliphatic heterocycles. The number of nitrogens with one attached hydrogen (secondary N) is 1. The number of hydrogen-bond acceptors (Lipinski definition) is 5. The molecule has 0 amide bonds. The molecule has 20 heavy (non-hydrogen) atoms. The van der Waals surface area contributed by atoms with Gasteiger partial charge in [-0.2, -0.15) is 0 Å². The Morgan fingerprint density at radius 3 is 2.60 bits per heavy atom. The van der Waals surface area contributed by atoms with Crippen LogP contribution in [0.1, 0.15) is 25.3 Å². The van der Waals surface area contributed by atoms with Crippen LogP contribution < -0.4 is 20.5 Å². The van der Waals surface area contributed by atoms with Crippen molar-refractivity contribution in [3.8, 4) is 11.5 Å². The highest BCUT2D eigenvalue weighted by Gasteiger charge is 2.10. The van der Waals surface area contributed by atoms with Crippen molar-refractivity contribution in [1.82, 2.24) is 5.32 Å². The number of benzene rings is 1. The summed E-state index contributed by atoms with van der Waals surface area (Å²) in [7, 11) is 3.22. The first kappa shape index (κ1) is 16.1. The fraction of sp³-hybridized carbons (Fsp3) is 0.500. The predicted molar refractivity (Wildman–Crippen MR) is 78.5 cm³/mol. The van der Waals surface area contributed by atoms with Crippen LogP contribution in [-0.4, -0.2) is 31.3 Å². The van der Waals surface area contributed by atoms with Crippen molar-refractivity contribution in [2.24, 2.45) is 10.9 Å². The highest BCUT2D eigenvalue weighted by molar-refractivity contribution is 5.80. The lowest BCUT2D eigenvalue weighted by Gasteiger charge is -2.17. The fourth-order valence-electron chi connectivity index (χ4n) is 1.91. The second-order valence-corrected chi connectivity index (χ2v) is 4.47. The number of nitrogens with zero attached hydrogens (tertiary/aromatic N) is 1. The van der Waals surface area contributed by atoms with Gasteiger partial charge in [-0.3, -0.25) is 0 Å². The van der Waals surface area contributed by atoms with Crippen LogP contribution in [0, 0.1) is 0 Å². The maximum Gasteiger partial charge on any atom is 0.161 e. The van der Waals surface area contributed by atoms with E-state index in [2.05, 4.69) is 17.4 Å². The number of oxime groups is 1. The minimum atomic E-state index is 0.166. The zero-order chi connectivity index (χ0) is 15.0. The third-order valence-electron chi connectivity index (χ3n) is 3.12. The molecule has 0 heterocycles. The van der Waals surface area contributed by atoms with Gasteiger partial charge in [-0.25, -0.2) is 0 Å². The molecular weight excluding hydrogens is 258 g/mol. The Hall–Kier alpha value is -1.95. The van der Waals surface area contributed by atoms with Crippen molar-refractivity contribution in [2.75, 3.05) is 14.2 Å². The molecular formula is C14H23N3O3. The first-order chi connectivity index (χ1) is 9.64. The summed E-state index contributed by atoms with van der Waals surface area (Å²) in [5, 5.41) is 15.0. The Kier molecular flexibility index (Phi) is 6.66. The third kappa shape index (κ3) is 4.62. The molecule has 0 aliphatic carbocycles. The standard InChI is InChI=1S/C14H23N3O3/c1-4-11(8-14(15)17-18)16-9-10-5-6-12(19-2)13(7-10)20-3/h5-7,11,16,18H,4,8-9H2,1-3H3,(H2,15,17). The van der Waals surface area contributed by atoms with Gasteiger partial charge in [0.1, 0.15) is 5.84 Å². The number of ether oxygens (including phenoxy) is 2. The molecule has 4 N–H and O–H groups in total. The van der Waals surface area contributed by atoms with Crippen molar-refractivity contribution < 1.29 is 14.7 Å². The van der Waals surface area contributed by atoms with Crippen molar-refractivity contribution in [2.45, 2.75) is 32.4 Å². The van der Waals surface area contributed by atoms with E-state index >= 15 is 0 Å². The first-order valence-corrected chi connectivity index (χ1v) is 6.55. The van der Waals surface area contributed by atoms with Gasteiger partial charge in [-0.15, -0.1) is 0 Å². The third-order valence-corrected chi connectivity index (χ3v) is 3.12. The minimum Gasteiger partial charge on any atom is -0.493 e. The molecule has 0 aliphatic rings. The van der Waals surface area contributed by atoms with Crippen LogP contribution in [0.15, 0.2) is 23.4 Å². The molecule has 0 bridgehead atoms. The van der Waals surface area contributed by atoms with E-state index in [9.17, 15) is 0 Å². The largest absolute Gasteiger partial charge is 0.493 e. The monoisotopic (exact) mass is 281 g/mol. The second kappa shape index (κ2) is 8.27.